The Hall–Kier alpha value is 1.06. The molecule has 0 nitrogen and oxygen atoms in total. The van der Waals surface area contributed by atoms with E-state index in [9.17, 15) is 0 Å². The average molecular weight is 173 g/mol. The van der Waals surface area contributed by atoms with E-state index in [1.54, 1.807) is 0 Å². The molecular formula is C8H17ClMg. The summed E-state index contributed by atoms with van der Waals surface area (Å²) in [5, 5.41) is 0. The van der Waals surface area contributed by atoms with Crippen molar-refractivity contribution in [3.05, 3.63) is 6.92 Å². The van der Waals surface area contributed by atoms with Gasteiger partial charge in [0.05, 0.1) is 0 Å². The van der Waals surface area contributed by atoms with Crippen LogP contribution in [-0.2, 0) is 0 Å². The van der Waals surface area contributed by atoms with Gasteiger partial charge in [0.25, 0.3) is 0 Å². The minimum absolute atomic E-state index is 0. The van der Waals surface area contributed by atoms with Crippen LogP contribution in [0, 0.1) is 12.8 Å². The third-order valence-corrected chi connectivity index (χ3v) is 1.54. The van der Waals surface area contributed by atoms with Crippen LogP contribution < -0.4 is 12.4 Å². The first-order chi connectivity index (χ1) is 3.81. The molecule has 0 amide bonds. The monoisotopic (exact) mass is 172 g/mol. The Kier molecular flexibility index (Phi) is 21.9. The molecule has 0 bridgehead atoms. The summed E-state index contributed by atoms with van der Waals surface area (Å²) in [4.78, 5) is 0. The van der Waals surface area contributed by atoms with Gasteiger partial charge in [-0.15, -0.1) is 0 Å². The van der Waals surface area contributed by atoms with E-state index in [1.807, 2.05) is 0 Å². The summed E-state index contributed by atoms with van der Waals surface area (Å²) in [5.74, 6) is 0.843. The smallest absolute Gasteiger partial charge is 1.00 e. The van der Waals surface area contributed by atoms with Crippen molar-refractivity contribution >= 4 is 23.1 Å². The topological polar surface area (TPSA) is 0 Å². The number of hydrogen-bond acceptors (Lipinski definition) is 0. The van der Waals surface area contributed by atoms with Crippen molar-refractivity contribution in [1.29, 1.82) is 0 Å². The molecule has 0 saturated carbocycles. The predicted molar refractivity (Wildman–Crippen MR) is 44.4 cm³/mol. The van der Waals surface area contributed by atoms with Crippen molar-refractivity contribution in [1.82, 2.24) is 0 Å². The maximum atomic E-state index is 3.84. The zero-order chi connectivity index (χ0) is 6.41. The van der Waals surface area contributed by atoms with Crippen LogP contribution in [-0.4, -0.2) is 23.1 Å². The molecule has 0 rings (SSSR count). The summed E-state index contributed by atoms with van der Waals surface area (Å²) >= 11 is 0. The zero-order valence-electron chi connectivity index (χ0n) is 7.20. The molecule has 0 N–H and O–H groups in total. The van der Waals surface area contributed by atoms with Gasteiger partial charge in [-0.1, -0.05) is 39.0 Å². The summed E-state index contributed by atoms with van der Waals surface area (Å²) in [6.07, 6.45) is 5.15. The maximum absolute atomic E-state index is 3.84. The van der Waals surface area contributed by atoms with E-state index in [0.29, 0.717) is 0 Å². The third kappa shape index (κ3) is 11.8. The minimum atomic E-state index is 0. The van der Waals surface area contributed by atoms with Gasteiger partial charge in [0, 0.05) is 0 Å². The molecule has 1 atom stereocenters. The Morgan fingerprint density at radius 1 is 1.40 bits per heavy atom. The van der Waals surface area contributed by atoms with Crippen molar-refractivity contribution < 1.29 is 12.4 Å². The van der Waals surface area contributed by atoms with E-state index in [2.05, 4.69) is 20.8 Å². The van der Waals surface area contributed by atoms with E-state index in [4.69, 9.17) is 0 Å². The molecular weight excluding hydrogens is 156 g/mol. The first kappa shape index (κ1) is 17.2. The van der Waals surface area contributed by atoms with Crippen LogP contribution in [0.1, 0.15) is 39.5 Å². The molecule has 0 aliphatic rings. The van der Waals surface area contributed by atoms with Gasteiger partial charge in [0.2, 0.25) is 0 Å². The average Bonchev–Trinajstić information content (AvgIpc) is 1.83. The van der Waals surface area contributed by atoms with Crippen LogP contribution in [0.25, 0.3) is 0 Å². The molecule has 0 aliphatic carbocycles. The van der Waals surface area contributed by atoms with E-state index in [0.717, 1.165) is 12.3 Å². The molecule has 0 radical (unpaired) electrons. The summed E-state index contributed by atoms with van der Waals surface area (Å²) in [6.45, 7) is 8.34. The Bertz CT molecular complexity index is 48.5. The molecule has 1 unspecified atom stereocenters. The Morgan fingerprint density at radius 3 is 2.20 bits per heavy atom. The molecule has 0 fully saturated rings. The molecule has 10 heavy (non-hydrogen) atoms. The van der Waals surface area contributed by atoms with E-state index >= 15 is 0 Å². The summed E-state index contributed by atoms with van der Waals surface area (Å²) < 4.78 is 0. The molecule has 0 heterocycles. The van der Waals surface area contributed by atoms with Gasteiger partial charge in [-0.2, -0.15) is 6.42 Å². The molecule has 0 aromatic carbocycles. The molecule has 2 heteroatoms. The second-order valence-corrected chi connectivity index (χ2v) is 2.54. The molecule has 0 aromatic rings. The Balaban J connectivity index is -0.000000245. The van der Waals surface area contributed by atoms with Crippen molar-refractivity contribution in [3.63, 3.8) is 0 Å². The van der Waals surface area contributed by atoms with E-state index < -0.39 is 0 Å². The van der Waals surface area contributed by atoms with Crippen LogP contribution in [0.2, 0.25) is 0 Å². The third-order valence-electron chi connectivity index (χ3n) is 1.54. The summed E-state index contributed by atoms with van der Waals surface area (Å²) in [5.41, 5.74) is 0. The molecule has 0 saturated heterocycles. The van der Waals surface area contributed by atoms with Crippen LogP contribution in [0.15, 0.2) is 0 Å². The second kappa shape index (κ2) is 12.7. The van der Waals surface area contributed by atoms with Crippen molar-refractivity contribution in [2.24, 2.45) is 5.92 Å². The molecule has 0 aliphatic heterocycles. The van der Waals surface area contributed by atoms with Crippen molar-refractivity contribution in [3.8, 4) is 0 Å². The summed E-state index contributed by atoms with van der Waals surface area (Å²) in [7, 11) is 0. The van der Waals surface area contributed by atoms with E-state index in [-0.39, 0.29) is 35.5 Å². The molecule has 0 aromatic heterocycles. The largest absolute Gasteiger partial charge is 2.00 e. The van der Waals surface area contributed by atoms with Gasteiger partial charge in [0.15, 0.2) is 0 Å². The quantitative estimate of drug-likeness (QED) is 0.403. The van der Waals surface area contributed by atoms with Gasteiger partial charge in [-0.3, -0.25) is 0 Å². The van der Waals surface area contributed by atoms with Gasteiger partial charge < -0.3 is 19.3 Å². The standard InChI is InChI=1S/C8H17.ClH.Mg/c1-4-6-7-8(3)5-2;;/h8H,2,4-7H2,1,3H3;1H;/q-1;;+2/p-1. The SMILES string of the molecule is [CH2-]CC(C)CCCC.[Cl-].[Mg+2]. The minimum Gasteiger partial charge on any atom is -1.00 e. The Morgan fingerprint density at radius 2 is 1.90 bits per heavy atom. The van der Waals surface area contributed by atoms with Gasteiger partial charge in [0.1, 0.15) is 0 Å². The van der Waals surface area contributed by atoms with Crippen LogP contribution in [0.5, 0.6) is 0 Å². The van der Waals surface area contributed by atoms with Gasteiger partial charge in [-0.25, -0.2) is 0 Å². The summed E-state index contributed by atoms with van der Waals surface area (Å²) in [6, 6.07) is 0. The fraction of sp³-hybridized carbons (Fsp3) is 0.875. The number of unbranched alkanes of at least 4 members (excludes halogenated alkanes) is 1. The number of halogens is 1. The first-order valence-corrected chi connectivity index (χ1v) is 3.60. The normalized spacial score (nSPS) is 11.1. The second-order valence-electron chi connectivity index (χ2n) is 2.54. The number of hydrogen-bond donors (Lipinski definition) is 0. The van der Waals surface area contributed by atoms with Crippen molar-refractivity contribution in [2.45, 2.75) is 39.5 Å². The fourth-order valence-electron chi connectivity index (χ4n) is 0.697. The van der Waals surface area contributed by atoms with Gasteiger partial charge >= 0.3 is 23.1 Å². The fourth-order valence-corrected chi connectivity index (χ4v) is 0.697. The van der Waals surface area contributed by atoms with Crippen LogP contribution in [0.3, 0.4) is 0 Å². The van der Waals surface area contributed by atoms with Crippen LogP contribution in [0.4, 0.5) is 0 Å². The predicted octanol–water partition coefficient (Wildman–Crippen LogP) is -0.340. The van der Waals surface area contributed by atoms with Gasteiger partial charge in [-0.05, 0) is 0 Å². The van der Waals surface area contributed by atoms with E-state index in [1.165, 1.54) is 19.3 Å². The Labute approximate surface area is 87.7 Å². The van der Waals surface area contributed by atoms with Crippen LogP contribution >= 0.6 is 0 Å². The number of rotatable bonds is 4. The molecule has 58 valence electrons. The molecule has 0 spiro atoms. The van der Waals surface area contributed by atoms with Crippen molar-refractivity contribution in [2.75, 3.05) is 0 Å². The maximum Gasteiger partial charge on any atom is 2.00 e. The first-order valence-electron chi connectivity index (χ1n) is 3.60. The zero-order valence-corrected chi connectivity index (χ0v) is 9.37.